The van der Waals surface area contributed by atoms with Crippen molar-refractivity contribution in [1.29, 1.82) is 0 Å². The van der Waals surface area contributed by atoms with Crippen LogP contribution in [-0.4, -0.2) is 22.3 Å². The van der Waals surface area contributed by atoms with E-state index in [4.69, 9.17) is 9.15 Å². The van der Waals surface area contributed by atoms with Gasteiger partial charge in [0, 0.05) is 19.0 Å². The lowest BCUT2D eigenvalue weighted by Gasteiger charge is -2.11. The zero-order valence-corrected chi connectivity index (χ0v) is 15.1. The number of aryl methyl sites for hydroxylation is 1. The van der Waals surface area contributed by atoms with Gasteiger partial charge in [-0.15, -0.1) is 0 Å². The second kappa shape index (κ2) is 8.84. The van der Waals surface area contributed by atoms with Gasteiger partial charge in [-0.1, -0.05) is 12.1 Å². The maximum atomic E-state index is 12.2. The maximum absolute atomic E-state index is 12.2. The highest BCUT2D eigenvalue weighted by molar-refractivity contribution is 5.92. The number of anilines is 1. The van der Waals surface area contributed by atoms with E-state index in [2.05, 4.69) is 10.4 Å². The average Bonchev–Trinajstić information content (AvgIpc) is 3.20. The van der Waals surface area contributed by atoms with Gasteiger partial charge in [0.15, 0.2) is 5.76 Å². The molecule has 7 nitrogen and oxygen atoms in total. The summed E-state index contributed by atoms with van der Waals surface area (Å²) in [4.78, 5) is 24.2. The molecular formula is C20H21N3O4. The van der Waals surface area contributed by atoms with Crippen molar-refractivity contribution in [2.45, 2.75) is 26.3 Å². The van der Waals surface area contributed by atoms with Crippen LogP contribution < -0.4 is 15.6 Å². The van der Waals surface area contributed by atoms with E-state index in [0.29, 0.717) is 42.5 Å². The first-order valence-electron chi connectivity index (χ1n) is 8.81. The number of carbonyl (C=O) groups excluding carboxylic acids is 1. The third-order valence-electron chi connectivity index (χ3n) is 3.87. The molecule has 0 unspecified atom stereocenters. The molecule has 0 saturated carbocycles. The highest BCUT2D eigenvalue weighted by Crippen LogP contribution is 2.23. The Morgan fingerprint density at radius 2 is 2.04 bits per heavy atom. The molecule has 1 N–H and O–H groups in total. The summed E-state index contributed by atoms with van der Waals surface area (Å²) in [5.74, 6) is 1.09. The van der Waals surface area contributed by atoms with Crippen LogP contribution in [0.5, 0.6) is 5.75 Å². The van der Waals surface area contributed by atoms with Gasteiger partial charge in [0.1, 0.15) is 11.4 Å². The zero-order valence-electron chi connectivity index (χ0n) is 15.1. The Balaban J connectivity index is 1.58. The summed E-state index contributed by atoms with van der Waals surface area (Å²) in [5, 5.41) is 7.14. The number of hydrogen-bond acceptors (Lipinski definition) is 5. The quantitative estimate of drug-likeness (QED) is 0.660. The van der Waals surface area contributed by atoms with E-state index in [1.165, 1.54) is 10.7 Å². The van der Waals surface area contributed by atoms with Crippen molar-refractivity contribution in [3.63, 3.8) is 0 Å². The summed E-state index contributed by atoms with van der Waals surface area (Å²) in [6.07, 6.45) is 2.30. The van der Waals surface area contributed by atoms with Crippen LogP contribution in [0.25, 0.3) is 11.5 Å². The van der Waals surface area contributed by atoms with Gasteiger partial charge in [0.25, 0.3) is 5.56 Å². The van der Waals surface area contributed by atoms with Crippen LogP contribution in [0.1, 0.15) is 19.8 Å². The lowest BCUT2D eigenvalue weighted by Crippen LogP contribution is -2.23. The molecule has 0 aliphatic carbocycles. The second-order valence-corrected chi connectivity index (χ2v) is 5.84. The Hall–Kier alpha value is -3.35. The molecule has 27 heavy (non-hydrogen) atoms. The molecule has 0 aliphatic rings. The molecule has 0 radical (unpaired) electrons. The Kier molecular flexibility index (Phi) is 6.04. The van der Waals surface area contributed by atoms with Crippen LogP contribution in [0.4, 0.5) is 5.69 Å². The van der Waals surface area contributed by atoms with Crippen molar-refractivity contribution in [2.75, 3.05) is 11.9 Å². The smallest absolute Gasteiger partial charge is 0.266 e. The van der Waals surface area contributed by atoms with Gasteiger partial charge in [-0.05, 0) is 43.7 Å². The Labute approximate surface area is 156 Å². The number of para-hydroxylation sites is 2. The molecule has 0 saturated heterocycles. The molecule has 3 rings (SSSR count). The van der Waals surface area contributed by atoms with Gasteiger partial charge in [0.05, 0.1) is 18.6 Å². The fourth-order valence-corrected chi connectivity index (χ4v) is 2.62. The highest BCUT2D eigenvalue weighted by atomic mass is 16.5. The summed E-state index contributed by atoms with van der Waals surface area (Å²) < 4.78 is 12.1. The molecule has 7 heteroatoms. The number of hydrogen-bond donors (Lipinski definition) is 1. The van der Waals surface area contributed by atoms with Crippen LogP contribution in [0.2, 0.25) is 0 Å². The van der Waals surface area contributed by atoms with Gasteiger partial charge >= 0.3 is 0 Å². The molecule has 3 aromatic rings. The van der Waals surface area contributed by atoms with Crippen molar-refractivity contribution in [2.24, 2.45) is 0 Å². The molecule has 1 aromatic carbocycles. The number of furan rings is 1. The number of rotatable bonds is 8. The average molecular weight is 367 g/mol. The third kappa shape index (κ3) is 4.84. The number of aromatic nitrogens is 2. The van der Waals surface area contributed by atoms with E-state index < -0.39 is 0 Å². The van der Waals surface area contributed by atoms with Gasteiger partial charge in [-0.25, -0.2) is 4.68 Å². The zero-order chi connectivity index (χ0) is 19.1. The number of carbonyl (C=O) groups is 1. The van der Waals surface area contributed by atoms with E-state index in [1.807, 2.05) is 25.1 Å². The first kappa shape index (κ1) is 18.4. The monoisotopic (exact) mass is 367 g/mol. The van der Waals surface area contributed by atoms with Crippen LogP contribution >= 0.6 is 0 Å². The Bertz CT molecular complexity index is 948. The minimum absolute atomic E-state index is 0.141. The van der Waals surface area contributed by atoms with Crippen molar-refractivity contribution in [3.05, 3.63) is 65.1 Å². The largest absolute Gasteiger partial charge is 0.492 e. The molecule has 0 atom stereocenters. The molecule has 0 aliphatic heterocycles. The number of benzene rings is 1. The van der Waals surface area contributed by atoms with Crippen molar-refractivity contribution < 1.29 is 13.9 Å². The van der Waals surface area contributed by atoms with E-state index in [-0.39, 0.29) is 17.9 Å². The van der Waals surface area contributed by atoms with Crippen LogP contribution in [-0.2, 0) is 11.3 Å². The fraction of sp³-hybridized carbons (Fsp3) is 0.250. The van der Waals surface area contributed by atoms with Gasteiger partial charge < -0.3 is 14.5 Å². The number of nitrogens with one attached hydrogen (secondary N) is 1. The minimum Gasteiger partial charge on any atom is -0.492 e. The molecule has 0 fully saturated rings. The summed E-state index contributed by atoms with van der Waals surface area (Å²) in [7, 11) is 0. The summed E-state index contributed by atoms with van der Waals surface area (Å²) in [5.41, 5.74) is 1.00. The van der Waals surface area contributed by atoms with Gasteiger partial charge in [-0.3, -0.25) is 9.59 Å². The lowest BCUT2D eigenvalue weighted by molar-refractivity contribution is -0.116. The van der Waals surface area contributed by atoms with Gasteiger partial charge in [0.2, 0.25) is 5.91 Å². The molecule has 0 spiro atoms. The molecular weight excluding hydrogens is 346 g/mol. The van der Waals surface area contributed by atoms with Crippen molar-refractivity contribution in [1.82, 2.24) is 9.78 Å². The highest BCUT2D eigenvalue weighted by Gasteiger charge is 2.09. The van der Waals surface area contributed by atoms with Crippen molar-refractivity contribution in [3.8, 4) is 17.2 Å². The Morgan fingerprint density at radius 1 is 1.19 bits per heavy atom. The van der Waals surface area contributed by atoms with E-state index in [1.54, 1.807) is 30.5 Å². The SMILES string of the molecule is CCOc1ccccc1NC(=O)CCCn1nc(-c2ccco2)ccc1=O. The maximum Gasteiger partial charge on any atom is 0.266 e. The molecule has 2 heterocycles. The minimum atomic E-state index is -0.215. The molecule has 2 aromatic heterocycles. The first-order valence-corrected chi connectivity index (χ1v) is 8.81. The fourth-order valence-electron chi connectivity index (χ4n) is 2.62. The summed E-state index contributed by atoms with van der Waals surface area (Å²) in [6.45, 7) is 2.75. The second-order valence-electron chi connectivity index (χ2n) is 5.84. The third-order valence-corrected chi connectivity index (χ3v) is 3.87. The van der Waals surface area contributed by atoms with E-state index in [0.717, 1.165) is 0 Å². The van der Waals surface area contributed by atoms with E-state index >= 15 is 0 Å². The van der Waals surface area contributed by atoms with Gasteiger partial charge in [-0.2, -0.15) is 5.10 Å². The number of amides is 1. The standard InChI is InChI=1S/C20H21N3O4/c1-2-26-17-8-4-3-7-15(17)21-19(24)10-5-13-23-20(25)12-11-16(22-23)18-9-6-14-27-18/h3-4,6-9,11-12,14H,2,5,10,13H2,1H3,(H,21,24). The van der Waals surface area contributed by atoms with Crippen LogP contribution in [0, 0.1) is 0 Å². The first-order chi connectivity index (χ1) is 13.2. The lowest BCUT2D eigenvalue weighted by atomic mass is 10.2. The normalized spacial score (nSPS) is 10.6. The predicted octanol–water partition coefficient (Wildman–Crippen LogP) is 3.32. The van der Waals surface area contributed by atoms with E-state index in [9.17, 15) is 9.59 Å². The Morgan fingerprint density at radius 3 is 2.81 bits per heavy atom. The number of ether oxygens (including phenoxy) is 1. The predicted molar refractivity (Wildman–Crippen MR) is 102 cm³/mol. The molecule has 1 amide bonds. The summed E-state index contributed by atoms with van der Waals surface area (Å²) in [6, 6.07) is 13.9. The van der Waals surface area contributed by atoms with Crippen LogP contribution in [0.15, 0.2) is 64.0 Å². The summed E-state index contributed by atoms with van der Waals surface area (Å²) >= 11 is 0. The molecule has 0 bridgehead atoms. The van der Waals surface area contributed by atoms with Crippen LogP contribution in [0.3, 0.4) is 0 Å². The number of nitrogens with zero attached hydrogens (tertiary/aromatic N) is 2. The topological polar surface area (TPSA) is 86.4 Å². The van der Waals surface area contributed by atoms with Crippen molar-refractivity contribution >= 4 is 11.6 Å². The molecule has 140 valence electrons.